The van der Waals surface area contributed by atoms with Crippen molar-refractivity contribution in [1.82, 2.24) is 0 Å². The van der Waals surface area contributed by atoms with Crippen LogP contribution in [-0.2, 0) is 24.3 Å². The summed E-state index contributed by atoms with van der Waals surface area (Å²) in [7, 11) is -3.66. The predicted molar refractivity (Wildman–Crippen MR) is 62.0 cm³/mol. The standard InChI is InChI=1S/C10H14ClO4P/c1-9(2)14-16(12,15-11)13-8-10-6-4-3-5-7-10/h3-7,9H,8H2,1-2H3. The van der Waals surface area contributed by atoms with Gasteiger partial charge < -0.3 is 0 Å². The van der Waals surface area contributed by atoms with Gasteiger partial charge in [-0.15, -0.1) is 0 Å². The lowest BCUT2D eigenvalue weighted by molar-refractivity contribution is 0.124. The first kappa shape index (κ1) is 13.7. The molecule has 0 aliphatic rings. The summed E-state index contributed by atoms with van der Waals surface area (Å²) in [5.41, 5.74) is 0.865. The average molecular weight is 265 g/mol. The van der Waals surface area contributed by atoms with E-state index >= 15 is 0 Å². The molecular formula is C10H14ClO4P. The van der Waals surface area contributed by atoms with Crippen LogP contribution in [0.2, 0.25) is 0 Å². The molecule has 1 aromatic rings. The molecule has 4 nitrogen and oxygen atoms in total. The Labute approximate surface area is 100 Å². The van der Waals surface area contributed by atoms with Crippen molar-refractivity contribution in [1.29, 1.82) is 0 Å². The molecule has 90 valence electrons. The molecule has 1 rings (SSSR count). The molecular weight excluding hydrogens is 251 g/mol. The third-order valence-corrected chi connectivity index (χ3v) is 3.46. The summed E-state index contributed by atoms with van der Waals surface area (Å²) in [6, 6.07) is 9.27. The van der Waals surface area contributed by atoms with E-state index in [4.69, 9.17) is 20.9 Å². The first-order valence-electron chi connectivity index (χ1n) is 4.83. The molecule has 1 unspecified atom stereocenters. The van der Waals surface area contributed by atoms with E-state index in [2.05, 4.69) is 4.08 Å². The molecule has 0 fully saturated rings. The van der Waals surface area contributed by atoms with Crippen LogP contribution < -0.4 is 0 Å². The van der Waals surface area contributed by atoms with Crippen molar-refractivity contribution in [3.8, 4) is 0 Å². The molecule has 0 saturated heterocycles. The molecule has 0 heterocycles. The molecule has 1 atom stereocenters. The van der Waals surface area contributed by atoms with Crippen LogP contribution in [0.4, 0.5) is 0 Å². The highest BCUT2D eigenvalue weighted by atomic mass is 35.5. The Morgan fingerprint density at radius 1 is 1.31 bits per heavy atom. The van der Waals surface area contributed by atoms with Crippen molar-refractivity contribution in [2.24, 2.45) is 0 Å². The second kappa shape index (κ2) is 6.38. The Morgan fingerprint density at radius 2 is 1.94 bits per heavy atom. The van der Waals surface area contributed by atoms with Gasteiger partial charge in [-0.1, -0.05) is 30.3 Å². The molecule has 1 aromatic carbocycles. The third-order valence-electron chi connectivity index (χ3n) is 1.66. The van der Waals surface area contributed by atoms with Crippen LogP contribution in [0.3, 0.4) is 0 Å². The highest BCUT2D eigenvalue weighted by Crippen LogP contribution is 2.52. The van der Waals surface area contributed by atoms with E-state index in [9.17, 15) is 4.57 Å². The second-order valence-electron chi connectivity index (χ2n) is 3.43. The highest BCUT2D eigenvalue weighted by molar-refractivity contribution is 7.49. The Morgan fingerprint density at radius 3 is 2.44 bits per heavy atom. The van der Waals surface area contributed by atoms with Gasteiger partial charge in [0, 0.05) is 0 Å². The van der Waals surface area contributed by atoms with Gasteiger partial charge in [-0.2, -0.15) is 4.08 Å². The number of hydrogen-bond donors (Lipinski definition) is 0. The van der Waals surface area contributed by atoms with Crippen molar-refractivity contribution in [2.75, 3.05) is 0 Å². The Hall–Kier alpha value is -0.380. The van der Waals surface area contributed by atoms with Gasteiger partial charge in [-0.05, 0) is 19.4 Å². The number of rotatable bonds is 6. The number of phosphoric ester groups is 1. The van der Waals surface area contributed by atoms with E-state index in [0.29, 0.717) is 0 Å². The van der Waals surface area contributed by atoms with Gasteiger partial charge >= 0.3 is 7.82 Å². The zero-order chi connectivity index (χ0) is 12.0. The smallest absolute Gasteiger partial charge is 0.283 e. The van der Waals surface area contributed by atoms with Crippen molar-refractivity contribution >= 4 is 19.7 Å². The third kappa shape index (κ3) is 4.64. The first-order chi connectivity index (χ1) is 7.56. The predicted octanol–water partition coefficient (Wildman–Crippen LogP) is 3.91. The van der Waals surface area contributed by atoms with Crippen molar-refractivity contribution < 1.29 is 17.7 Å². The van der Waals surface area contributed by atoms with Gasteiger partial charge in [-0.3, -0.25) is 9.05 Å². The second-order valence-corrected chi connectivity index (χ2v) is 5.34. The largest absolute Gasteiger partial charge is 0.491 e. The summed E-state index contributed by atoms with van der Waals surface area (Å²) < 4.78 is 26.1. The zero-order valence-corrected chi connectivity index (χ0v) is 10.8. The van der Waals surface area contributed by atoms with Crippen LogP contribution in [0.15, 0.2) is 30.3 Å². The zero-order valence-electron chi connectivity index (χ0n) is 9.13. The van der Waals surface area contributed by atoms with E-state index in [0.717, 1.165) is 5.56 Å². The van der Waals surface area contributed by atoms with Crippen molar-refractivity contribution in [3.63, 3.8) is 0 Å². The summed E-state index contributed by atoms with van der Waals surface area (Å²) in [6.45, 7) is 3.56. The molecule has 16 heavy (non-hydrogen) atoms. The number of halogens is 1. The monoisotopic (exact) mass is 264 g/mol. The molecule has 0 aliphatic heterocycles. The van der Waals surface area contributed by atoms with Gasteiger partial charge in [0.15, 0.2) is 0 Å². The summed E-state index contributed by atoms with van der Waals surface area (Å²) in [4.78, 5) is 0. The lowest BCUT2D eigenvalue weighted by Crippen LogP contribution is -2.03. The SMILES string of the molecule is CC(C)OP(=O)(OCl)OCc1ccccc1. The van der Waals surface area contributed by atoms with Gasteiger partial charge in [0.2, 0.25) is 0 Å². The fourth-order valence-corrected chi connectivity index (χ4v) is 2.23. The average Bonchev–Trinajstić information content (AvgIpc) is 2.27. The molecule has 0 saturated carbocycles. The number of hydrogen-bond acceptors (Lipinski definition) is 4. The Bertz CT molecular complexity index is 355. The lowest BCUT2D eigenvalue weighted by atomic mass is 10.2. The minimum atomic E-state index is -3.66. The van der Waals surface area contributed by atoms with Crippen LogP contribution in [-0.4, -0.2) is 6.10 Å². The minimum absolute atomic E-state index is 0.123. The van der Waals surface area contributed by atoms with Crippen LogP contribution in [0.5, 0.6) is 0 Å². The maximum Gasteiger partial charge on any atom is 0.491 e. The molecule has 0 radical (unpaired) electrons. The van der Waals surface area contributed by atoms with E-state index in [1.54, 1.807) is 13.8 Å². The fraction of sp³-hybridized carbons (Fsp3) is 0.400. The van der Waals surface area contributed by atoms with Gasteiger partial charge in [-0.25, -0.2) is 4.57 Å². The number of benzene rings is 1. The van der Waals surface area contributed by atoms with Crippen LogP contribution in [0.1, 0.15) is 19.4 Å². The summed E-state index contributed by atoms with van der Waals surface area (Å²) in [6.07, 6.45) is -0.291. The van der Waals surface area contributed by atoms with Gasteiger partial charge in [0.25, 0.3) is 0 Å². The van der Waals surface area contributed by atoms with E-state index in [1.165, 1.54) is 0 Å². The molecule has 0 amide bonds. The maximum atomic E-state index is 11.8. The first-order valence-corrected chi connectivity index (χ1v) is 6.60. The maximum absolute atomic E-state index is 11.8. The summed E-state index contributed by atoms with van der Waals surface area (Å²) in [5.74, 6) is 0. The normalized spacial score (nSPS) is 15.0. The van der Waals surface area contributed by atoms with Gasteiger partial charge in [0.1, 0.15) is 0 Å². The summed E-state index contributed by atoms with van der Waals surface area (Å²) in [5, 5.41) is 0. The Kier molecular flexibility index (Phi) is 5.46. The van der Waals surface area contributed by atoms with Crippen LogP contribution >= 0.6 is 19.7 Å². The van der Waals surface area contributed by atoms with Crippen molar-refractivity contribution in [2.45, 2.75) is 26.6 Å². The lowest BCUT2D eigenvalue weighted by Gasteiger charge is -2.16. The number of phosphoric acid groups is 1. The molecule has 6 heteroatoms. The van der Waals surface area contributed by atoms with E-state index in [1.807, 2.05) is 30.3 Å². The molecule has 0 aliphatic carbocycles. The quantitative estimate of drug-likeness (QED) is 0.731. The van der Waals surface area contributed by atoms with E-state index < -0.39 is 7.82 Å². The van der Waals surface area contributed by atoms with Crippen LogP contribution in [0, 0.1) is 0 Å². The molecule has 0 aromatic heterocycles. The molecule has 0 bridgehead atoms. The Balaban J connectivity index is 2.55. The van der Waals surface area contributed by atoms with Crippen molar-refractivity contribution in [3.05, 3.63) is 35.9 Å². The molecule has 0 N–H and O–H groups in total. The summed E-state index contributed by atoms with van der Waals surface area (Å²) >= 11 is 5.11. The highest BCUT2D eigenvalue weighted by Gasteiger charge is 2.28. The van der Waals surface area contributed by atoms with Crippen LogP contribution in [0.25, 0.3) is 0 Å². The minimum Gasteiger partial charge on any atom is -0.283 e. The topological polar surface area (TPSA) is 44.8 Å². The van der Waals surface area contributed by atoms with E-state index in [-0.39, 0.29) is 12.7 Å². The van der Waals surface area contributed by atoms with Gasteiger partial charge in [0.05, 0.1) is 24.6 Å². The fourth-order valence-electron chi connectivity index (χ4n) is 1.05. The molecule has 0 spiro atoms.